The minimum Gasteiger partial charge on any atom is -0.489 e. The monoisotopic (exact) mass is 300 g/mol. The van der Waals surface area contributed by atoms with Crippen LogP contribution in [0.15, 0.2) is 42.5 Å². The molecule has 0 aliphatic rings. The van der Waals surface area contributed by atoms with Crippen LogP contribution in [0.25, 0.3) is 0 Å². The van der Waals surface area contributed by atoms with E-state index in [9.17, 15) is 0 Å². The second-order valence-electron chi connectivity index (χ2n) is 3.80. The molecule has 94 valence electrons. The second kappa shape index (κ2) is 6.33. The van der Waals surface area contributed by atoms with E-state index >= 15 is 0 Å². The number of benzene rings is 2. The highest BCUT2D eigenvalue weighted by Gasteiger charge is 2.04. The van der Waals surface area contributed by atoms with Crippen molar-refractivity contribution >= 4 is 34.8 Å². The van der Waals surface area contributed by atoms with Gasteiger partial charge >= 0.3 is 0 Å². The van der Waals surface area contributed by atoms with Crippen LogP contribution in [-0.2, 0) is 12.5 Å². The smallest absolute Gasteiger partial charge is 0.124 e. The van der Waals surface area contributed by atoms with E-state index in [1.54, 1.807) is 6.07 Å². The fourth-order valence-electron chi connectivity index (χ4n) is 1.58. The summed E-state index contributed by atoms with van der Waals surface area (Å²) < 4.78 is 5.72. The Hall–Kier alpha value is -0.890. The van der Waals surface area contributed by atoms with Crippen LogP contribution in [0.2, 0.25) is 10.0 Å². The quantitative estimate of drug-likeness (QED) is 0.695. The molecule has 0 amide bonds. The van der Waals surface area contributed by atoms with Gasteiger partial charge in [0, 0.05) is 15.6 Å². The first-order valence-electron chi connectivity index (χ1n) is 5.40. The maximum absolute atomic E-state index is 5.91. The Morgan fingerprint density at radius 2 is 1.72 bits per heavy atom. The van der Waals surface area contributed by atoms with Crippen molar-refractivity contribution in [3.05, 3.63) is 63.6 Å². The highest BCUT2D eigenvalue weighted by atomic mass is 35.5. The second-order valence-corrected chi connectivity index (χ2v) is 4.94. The zero-order valence-corrected chi connectivity index (χ0v) is 11.8. The molecular formula is C14H11Cl3O. The van der Waals surface area contributed by atoms with Crippen molar-refractivity contribution in [2.24, 2.45) is 0 Å². The molecule has 0 N–H and O–H groups in total. The van der Waals surface area contributed by atoms with Crippen LogP contribution >= 0.6 is 34.8 Å². The Bertz CT molecular complexity index is 540. The van der Waals surface area contributed by atoms with E-state index in [0.717, 1.165) is 16.9 Å². The molecule has 0 atom stereocenters. The van der Waals surface area contributed by atoms with Crippen molar-refractivity contribution in [3.8, 4) is 5.75 Å². The first-order chi connectivity index (χ1) is 8.69. The van der Waals surface area contributed by atoms with Gasteiger partial charge in [-0.25, -0.2) is 0 Å². The Kier molecular flexibility index (Phi) is 4.76. The number of halogens is 3. The molecule has 0 radical (unpaired) electrons. The molecule has 18 heavy (non-hydrogen) atoms. The van der Waals surface area contributed by atoms with Gasteiger partial charge in [-0.05, 0) is 35.9 Å². The molecule has 1 nitrogen and oxygen atoms in total. The fourth-order valence-corrected chi connectivity index (χ4v) is 2.20. The minimum absolute atomic E-state index is 0.367. The van der Waals surface area contributed by atoms with Crippen LogP contribution in [0.5, 0.6) is 5.75 Å². The third kappa shape index (κ3) is 3.55. The lowest BCUT2D eigenvalue weighted by Gasteiger charge is -2.10. The summed E-state index contributed by atoms with van der Waals surface area (Å²) in [7, 11) is 0. The van der Waals surface area contributed by atoms with E-state index in [4.69, 9.17) is 39.5 Å². The summed E-state index contributed by atoms with van der Waals surface area (Å²) in [5.41, 5.74) is 1.89. The molecular weight excluding hydrogens is 291 g/mol. The summed E-state index contributed by atoms with van der Waals surface area (Å²) in [6.07, 6.45) is 0. The van der Waals surface area contributed by atoms with E-state index in [2.05, 4.69) is 0 Å². The molecule has 2 rings (SSSR count). The largest absolute Gasteiger partial charge is 0.489 e. The van der Waals surface area contributed by atoms with Gasteiger partial charge in [-0.2, -0.15) is 0 Å². The van der Waals surface area contributed by atoms with Crippen molar-refractivity contribution in [1.82, 2.24) is 0 Å². The molecule has 0 unspecified atom stereocenters. The lowest BCUT2D eigenvalue weighted by Crippen LogP contribution is -1.97. The van der Waals surface area contributed by atoms with Crippen LogP contribution in [0.1, 0.15) is 11.1 Å². The molecule has 2 aromatic rings. The zero-order valence-electron chi connectivity index (χ0n) is 9.50. The van der Waals surface area contributed by atoms with Gasteiger partial charge in [-0.1, -0.05) is 35.3 Å². The summed E-state index contributed by atoms with van der Waals surface area (Å²) in [6, 6.07) is 13.0. The average molecular weight is 302 g/mol. The molecule has 0 bridgehead atoms. The molecule has 4 heteroatoms. The maximum atomic E-state index is 5.91. The molecule has 0 aliphatic carbocycles. The summed E-state index contributed by atoms with van der Waals surface area (Å²) in [5, 5.41) is 1.35. The predicted molar refractivity (Wildman–Crippen MR) is 76.8 cm³/mol. The average Bonchev–Trinajstić information content (AvgIpc) is 2.37. The molecule has 0 saturated heterocycles. The van der Waals surface area contributed by atoms with Gasteiger partial charge in [0.05, 0.1) is 5.88 Å². The van der Waals surface area contributed by atoms with Crippen LogP contribution in [0.3, 0.4) is 0 Å². The Balaban J connectivity index is 2.10. The number of ether oxygens (including phenoxy) is 1. The Morgan fingerprint density at radius 1 is 0.944 bits per heavy atom. The lowest BCUT2D eigenvalue weighted by molar-refractivity contribution is 0.304. The summed E-state index contributed by atoms with van der Waals surface area (Å²) in [4.78, 5) is 0. The van der Waals surface area contributed by atoms with Gasteiger partial charge in [0.15, 0.2) is 0 Å². The number of rotatable bonds is 4. The van der Waals surface area contributed by atoms with Gasteiger partial charge in [0.25, 0.3) is 0 Å². The molecule has 0 spiro atoms. The first-order valence-corrected chi connectivity index (χ1v) is 6.69. The highest BCUT2D eigenvalue weighted by molar-refractivity contribution is 6.31. The molecule has 0 saturated carbocycles. The number of hydrogen-bond acceptors (Lipinski definition) is 1. The molecule has 0 aromatic heterocycles. The zero-order chi connectivity index (χ0) is 13.0. The summed E-state index contributed by atoms with van der Waals surface area (Å²) in [5.74, 6) is 1.11. The third-order valence-corrected chi connectivity index (χ3v) is 3.21. The topological polar surface area (TPSA) is 9.23 Å². The number of hydrogen-bond donors (Lipinski definition) is 0. The maximum Gasteiger partial charge on any atom is 0.124 e. The first kappa shape index (κ1) is 13.5. The van der Waals surface area contributed by atoms with Gasteiger partial charge in [-0.3, -0.25) is 0 Å². The third-order valence-electron chi connectivity index (χ3n) is 2.45. The highest BCUT2D eigenvalue weighted by Crippen LogP contribution is 2.25. The van der Waals surface area contributed by atoms with Crippen molar-refractivity contribution < 1.29 is 4.74 Å². The normalized spacial score (nSPS) is 10.4. The van der Waals surface area contributed by atoms with Gasteiger partial charge in [0.2, 0.25) is 0 Å². The molecule has 0 heterocycles. The van der Waals surface area contributed by atoms with Crippen LogP contribution in [0.4, 0.5) is 0 Å². The van der Waals surface area contributed by atoms with Gasteiger partial charge < -0.3 is 4.74 Å². The molecule has 0 fully saturated rings. The van der Waals surface area contributed by atoms with E-state index < -0.39 is 0 Å². The molecule has 2 aromatic carbocycles. The van der Waals surface area contributed by atoms with Crippen molar-refractivity contribution in [3.63, 3.8) is 0 Å². The van der Waals surface area contributed by atoms with Crippen molar-refractivity contribution in [1.29, 1.82) is 0 Å². The summed E-state index contributed by atoms with van der Waals surface area (Å²) >= 11 is 17.7. The van der Waals surface area contributed by atoms with Crippen LogP contribution in [-0.4, -0.2) is 0 Å². The summed E-state index contributed by atoms with van der Waals surface area (Å²) in [6.45, 7) is 0.450. The van der Waals surface area contributed by atoms with Crippen LogP contribution in [0, 0.1) is 0 Å². The van der Waals surface area contributed by atoms with Crippen LogP contribution < -0.4 is 4.74 Å². The Labute approximate surface area is 121 Å². The van der Waals surface area contributed by atoms with Crippen molar-refractivity contribution in [2.75, 3.05) is 0 Å². The van der Waals surface area contributed by atoms with E-state index in [1.165, 1.54) is 0 Å². The fraction of sp³-hybridized carbons (Fsp3) is 0.143. The lowest BCUT2D eigenvalue weighted by atomic mass is 10.2. The Morgan fingerprint density at radius 3 is 2.44 bits per heavy atom. The standard InChI is InChI=1S/C14H11Cl3O/c15-8-11-7-13(17)4-5-14(11)18-9-10-2-1-3-12(16)6-10/h1-7H,8-9H2. The van der Waals surface area contributed by atoms with Gasteiger partial charge in [0.1, 0.15) is 12.4 Å². The van der Waals surface area contributed by atoms with E-state index in [0.29, 0.717) is 22.5 Å². The molecule has 0 aliphatic heterocycles. The number of alkyl halides is 1. The van der Waals surface area contributed by atoms with E-state index in [1.807, 2.05) is 36.4 Å². The predicted octanol–water partition coefficient (Wildman–Crippen LogP) is 5.31. The minimum atomic E-state index is 0.367. The van der Waals surface area contributed by atoms with Crippen molar-refractivity contribution in [2.45, 2.75) is 12.5 Å². The SMILES string of the molecule is ClCc1cc(Cl)ccc1OCc1cccc(Cl)c1. The van der Waals surface area contributed by atoms with Gasteiger partial charge in [-0.15, -0.1) is 11.6 Å². The van der Waals surface area contributed by atoms with E-state index in [-0.39, 0.29) is 0 Å².